The zero-order valence-electron chi connectivity index (χ0n) is 4.25. The Balaban J connectivity index is 2.54. The van der Waals surface area contributed by atoms with E-state index in [2.05, 4.69) is 6.08 Å². The van der Waals surface area contributed by atoms with Crippen molar-refractivity contribution in [1.29, 1.82) is 0 Å². The lowest BCUT2D eigenvalue weighted by Gasteiger charge is -2.00. The number of hydrogen-bond acceptors (Lipinski definition) is 0. The Hall–Kier alpha value is 0.0600. The van der Waals surface area contributed by atoms with E-state index in [1.165, 1.54) is 0 Å². The first kappa shape index (κ1) is 6.18. The van der Waals surface area contributed by atoms with Crippen LogP contribution < -0.4 is 0 Å². The van der Waals surface area contributed by atoms with Crippen LogP contribution in [0.15, 0.2) is 16.1 Å². The molecule has 0 aromatic carbocycles. The second-order valence-corrected chi connectivity index (χ2v) is 2.56. The fraction of sp³-hybridized carbons (Fsp3) is 0.333. The van der Waals surface area contributed by atoms with Crippen molar-refractivity contribution in [2.75, 3.05) is 0 Å². The van der Waals surface area contributed by atoms with Crippen LogP contribution in [0.5, 0.6) is 0 Å². The lowest BCUT2D eigenvalue weighted by molar-refractivity contribution is 1.15. The predicted octanol–water partition coefficient (Wildman–Crippen LogP) is 2.83. The fourth-order valence-corrected chi connectivity index (χ4v) is 0.813. The molecule has 2 heteroatoms. The molecule has 43 valence electrons. The summed E-state index contributed by atoms with van der Waals surface area (Å²) in [5, 5.41) is 1.61. The van der Waals surface area contributed by atoms with E-state index in [-0.39, 0.29) is 0 Å². The van der Waals surface area contributed by atoms with Crippen molar-refractivity contribution in [1.82, 2.24) is 0 Å². The van der Waals surface area contributed by atoms with Crippen LogP contribution >= 0.6 is 23.2 Å². The Kier molecular flexibility index (Phi) is 1.98. The summed E-state index contributed by atoms with van der Waals surface area (Å²) in [5.74, 6) is 0. The van der Waals surface area contributed by atoms with Crippen molar-refractivity contribution < 1.29 is 0 Å². The topological polar surface area (TPSA) is 0 Å². The van der Waals surface area contributed by atoms with Gasteiger partial charge in [0.1, 0.15) is 0 Å². The molecule has 1 aliphatic carbocycles. The summed E-state index contributed by atoms with van der Waals surface area (Å²) in [7, 11) is 0. The third-order valence-electron chi connectivity index (χ3n) is 0.952. The van der Waals surface area contributed by atoms with E-state index in [1.54, 1.807) is 0 Å². The van der Waals surface area contributed by atoms with Gasteiger partial charge in [-0.15, -0.1) is 0 Å². The molecule has 0 nitrogen and oxygen atoms in total. The standard InChI is InChI=1S/C6H5Cl2/c7-5-1-2-6(8)4-3-5/h1H,2-3H2. The van der Waals surface area contributed by atoms with Gasteiger partial charge >= 0.3 is 0 Å². The van der Waals surface area contributed by atoms with Crippen LogP contribution in [0.1, 0.15) is 12.8 Å². The summed E-state index contributed by atoms with van der Waals surface area (Å²) >= 11 is 11.2. The monoisotopic (exact) mass is 147 g/mol. The molecule has 8 heavy (non-hydrogen) atoms. The third kappa shape index (κ3) is 1.53. The maximum atomic E-state index is 5.61. The highest BCUT2D eigenvalue weighted by Crippen LogP contribution is 2.20. The van der Waals surface area contributed by atoms with Crippen LogP contribution in [0.2, 0.25) is 0 Å². The van der Waals surface area contributed by atoms with E-state index < -0.39 is 0 Å². The van der Waals surface area contributed by atoms with E-state index in [0.29, 0.717) is 6.42 Å². The van der Waals surface area contributed by atoms with Gasteiger partial charge < -0.3 is 0 Å². The summed E-state index contributed by atoms with van der Waals surface area (Å²) in [6, 6.07) is 0. The predicted molar refractivity (Wildman–Crippen MR) is 35.8 cm³/mol. The molecule has 0 atom stereocenters. The lowest BCUT2D eigenvalue weighted by Crippen LogP contribution is -1.81. The van der Waals surface area contributed by atoms with Gasteiger partial charge in [-0.25, -0.2) is 0 Å². The molecule has 0 aromatic heterocycles. The molecule has 0 unspecified atom stereocenters. The average molecular weight is 148 g/mol. The van der Waals surface area contributed by atoms with E-state index in [4.69, 9.17) is 23.2 Å². The lowest BCUT2D eigenvalue weighted by atomic mass is 10.2. The summed E-state index contributed by atoms with van der Waals surface area (Å²) in [4.78, 5) is 0. The molecule has 1 aliphatic rings. The Morgan fingerprint density at radius 2 is 2.25 bits per heavy atom. The molecule has 0 fully saturated rings. The Bertz CT molecular complexity index is 127. The Labute approximate surface area is 58.8 Å². The van der Waals surface area contributed by atoms with Crippen LogP contribution in [0.3, 0.4) is 0 Å². The number of halogens is 2. The molecular formula is C6H5Cl2. The molecule has 0 spiro atoms. The minimum absolute atomic E-state index is 0.681. The second-order valence-electron chi connectivity index (χ2n) is 1.61. The van der Waals surface area contributed by atoms with Gasteiger partial charge in [0.25, 0.3) is 0 Å². The normalized spacial score (nSPS) is 19.8. The Morgan fingerprint density at radius 3 is 2.62 bits per heavy atom. The van der Waals surface area contributed by atoms with E-state index in [1.807, 2.05) is 6.08 Å². The highest BCUT2D eigenvalue weighted by atomic mass is 35.5. The maximum Gasteiger partial charge on any atom is 0.0258 e. The molecule has 1 radical (unpaired) electrons. The van der Waals surface area contributed by atoms with Crippen LogP contribution in [0.25, 0.3) is 0 Å². The molecule has 0 aliphatic heterocycles. The zero-order valence-corrected chi connectivity index (χ0v) is 5.76. The van der Waals surface area contributed by atoms with Crippen LogP contribution in [-0.4, -0.2) is 0 Å². The molecule has 0 N–H and O–H groups in total. The fourth-order valence-electron chi connectivity index (χ4n) is 0.525. The van der Waals surface area contributed by atoms with Crippen LogP contribution in [0, 0.1) is 6.08 Å². The van der Waals surface area contributed by atoms with Crippen molar-refractivity contribution >= 4 is 23.2 Å². The van der Waals surface area contributed by atoms with Crippen molar-refractivity contribution in [2.45, 2.75) is 12.8 Å². The van der Waals surface area contributed by atoms with Crippen molar-refractivity contribution in [3.05, 3.63) is 22.2 Å². The number of allylic oxidation sites excluding steroid dienone is 4. The van der Waals surface area contributed by atoms with E-state index in [0.717, 1.165) is 16.5 Å². The molecule has 0 amide bonds. The summed E-state index contributed by atoms with van der Waals surface area (Å²) in [5.41, 5.74) is 0. The van der Waals surface area contributed by atoms with Crippen LogP contribution in [0.4, 0.5) is 0 Å². The highest BCUT2D eigenvalue weighted by Gasteiger charge is 1.99. The minimum atomic E-state index is 0.681. The summed E-state index contributed by atoms with van der Waals surface area (Å²) in [6.45, 7) is 0. The minimum Gasteiger partial charge on any atom is -0.0891 e. The van der Waals surface area contributed by atoms with Crippen molar-refractivity contribution in [3.8, 4) is 0 Å². The largest absolute Gasteiger partial charge is 0.0891 e. The van der Waals surface area contributed by atoms with Gasteiger partial charge in [-0.2, -0.15) is 0 Å². The molecule has 0 bridgehead atoms. The summed E-state index contributed by atoms with van der Waals surface area (Å²) < 4.78 is 0. The highest BCUT2D eigenvalue weighted by molar-refractivity contribution is 6.31. The smallest absolute Gasteiger partial charge is 0.0258 e. The van der Waals surface area contributed by atoms with Gasteiger partial charge in [-0.3, -0.25) is 0 Å². The molecule has 0 saturated heterocycles. The van der Waals surface area contributed by atoms with Crippen LogP contribution in [-0.2, 0) is 0 Å². The van der Waals surface area contributed by atoms with Gasteiger partial charge in [-0.1, -0.05) is 29.3 Å². The summed E-state index contributed by atoms with van der Waals surface area (Å²) in [6.07, 6.45) is 6.25. The molecule has 0 heterocycles. The molecular weight excluding hydrogens is 143 g/mol. The third-order valence-corrected chi connectivity index (χ3v) is 1.53. The second kappa shape index (κ2) is 2.56. The first-order valence-electron chi connectivity index (χ1n) is 2.39. The van der Waals surface area contributed by atoms with Gasteiger partial charge in [0.2, 0.25) is 0 Å². The zero-order chi connectivity index (χ0) is 5.98. The van der Waals surface area contributed by atoms with Gasteiger partial charge in [0.15, 0.2) is 0 Å². The van der Waals surface area contributed by atoms with Crippen molar-refractivity contribution in [3.63, 3.8) is 0 Å². The molecule has 1 rings (SSSR count). The van der Waals surface area contributed by atoms with E-state index >= 15 is 0 Å². The number of rotatable bonds is 0. The number of hydrogen-bond donors (Lipinski definition) is 0. The quantitative estimate of drug-likeness (QED) is 0.495. The first-order chi connectivity index (χ1) is 3.79. The van der Waals surface area contributed by atoms with E-state index in [9.17, 15) is 0 Å². The maximum absolute atomic E-state index is 5.61. The van der Waals surface area contributed by atoms with Crippen molar-refractivity contribution in [2.24, 2.45) is 0 Å². The SMILES string of the molecule is ClC1=[C]CC(Cl)=CC1. The molecule has 0 aromatic rings. The Morgan fingerprint density at radius 1 is 1.50 bits per heavy atom. The van der Waals surface area contributed by atoms with Gasteiger partial charge in [0.05, 0.1) is 0 Å². The van der Waals surface area contributed by atoms with Gasteiger partial charge in [0, 0.05) is 22.9 Å². The first-order valence-corrected chi connectivity index (χ1v) is 3.14. The van der Waals surface area contributed by atoms with Gasteiger partial charge in [-0.05, 0) is 6.08 Å². The average Bonchev–Trinajstić information content (AvgIpc) is 1.77. The molecule has 0 saturated carbocycles.